The van der Waals surface area contributed by atoms with Gasteiger partial charge in [-0.15, -0.1) is 0 Å². The summed E-state index contributed by atoms with van der Waals surface area (Å²) in [5.41, 5.74) is -0.496. The number of benzene rings is 1. The maximum absolute atomic E-state index is 10.3. The fourth-order valence-electron chi connectivity index (χ4n) is 2.15. The van der Waals surface area contributed by atoms with Crippen LogP contribution in [0.5, 0.6) is 5.75 Å². The molecule has 0 fully saturated rings. The van der Waals surface area contributed by atoms with Gasteiger partial charge < -0.3 is 14.6 Å². The Morgan fingerprint density at radius 1 is 1.11 bits per heavy atom. The average molecular weight is 252 g/mol. The second kappa shape index (κ2) is 7.39. The average Bonchev–Trinajstić information content (AvgIpc) is 2.43. The van der Waals surface area contributed by atoms with Gasteiger partial charge in [0.25, 0.3) is 0 Å². The van der Waals surface area contributed by atoms with E-state index in [1.54, 1.807) is 0 Å². The Labute approximate surface area is 110 Å². The molecule has 1 rings (SSSR count). The lowest BCUT2D eigenvalue weighted by atomic mass is 9.90. The summed E-state index contributed by atoms with van der Waals surface area (Å²) in [5.74, 6) is 0.772. The summed E-state index contributed by atoms with van der Waals surface area (Å²) in [7, 11) is 0. The summed E-state index contributed by atoms with van der Waals surface area (Å²) in [6.45, 7) is 6.87. The molecule has 0 aliphatic heterocycles. The molecular weight excluding hydrogens is 228 g/mol. The smallest absolute Gasteiger partial charge is 0.119 e. The molecule has 0 aromatic heterocycles. The molecule has 3 nitrogen and oxygen atoms in total. The molecule has 1 N–H and O–H groups in total. The van der Waals surface area contributed by atoms with Crippen LogP contribution in [0.4, 0.5) is 0 Å². The monoisotopic (exact) mass is 252 g/mol. The normalized spacial score (nSPS) is 13.3. The lowest BCUT2D eigenvalue weighted by Gasteiger charge is -2.36. The summed E-state index contributed by atoms with van der Waals surface area (Å²) >= 11 is 0. The van der Waals surface area contributed by atoms with E-state index in [1.807, 2.05) is 51.1 Å². The van der Waals surface area contributed by atoms with Gasteiger partial charge in [-0.05, 0) is 31.9 Å². The minimum Gasteiger partial charge on any atom is -0.491 e. The van der Waals surface area contributed by atoms with E-state index in [0.29, 0.717) is 6.61 Å². The van der Waals surface area contributed by atoms with Crippen LogP contribution in [-0.4, -0.2) is 30.0 Å². The van der Waals surface area contributed by atoms with Crippen molar-refractivity contribution in [3.05, 3.63) is 30.3 Å². The van der Waals surface area contributed by atoms with Crippen LogP contribution >= 0.6 is 0 Å². The molecule has 0 saturated heterocycles. The molecule has 0 saturated carbocycles. The van der Waals surface area contributed by atoms with Crippen LogP contribution in [0.1, 0.15) is 33.6 Å². The van der Waals surface area contributed by atoms with Crippen molar-refractivity contribution in [1.82, 2.24) is 0 Å². The van der Waals surface area contributed by atoms with E-state index in [9.17, 15) is 5.11 Å². The first kappa shape index (κ1) is 15.0. The van der Waals surface area contributed by atoms with Crippen molar-refractivity contribution in [2.75, 3.05) is 13.2 Å². The molecule has 0 aliphatic carbocycles. The molecule has 18 heavy (non-hydrogen) atoms. The summed E-state index contributed by atoms with van der Waals surface area (Å²) in [4.78, 5) is 0. The molecule has 0 amide bonds. The number of hydrogen-bond acceptors (Lipinski definition) is 3. The first-order valence-corrected chi connectivity index (χ1v) is 6.68. The maximum Gasteiger partial charge on any atom is 0.119 e. The minimum absolute atomic E-state index is 0.256. The van der Waals surface area contributed by atoms with Gasteiger partial charge in [-0.25, -0.2) is 0 Å². The number of para-hydroxylation sites is 1. The second-order valence-electron chi connectivity index (χ2n) is 4.34. The van der Waals surface area contributed by atoms with Crippen LogP contribution < -0.4 is 4.74 Å². The summed E-state index contributed by atoms with van der Waals surface area (Å²) in [6.07, 6.45) is 0.931. The first-order chi connectivity index (χ1) is 8.68. The largest absolute Gasteiger partial charge is 0.491 e. The Morgan fingerprint density at radius 3 is 2.22 bits per heavy atom. The van der Waals surface area contributed by atoms with Gasteiger partial charge in [-0.2, -0.15) is 0 Å². The van der Waals surface area contributed by atoms with Crippen LogP contribution in [-0.2, 0) is 4.74 Å². The summed E-state index contributed by atoms with van der Waals surface area (Å²) in [5, 5.41) is 10.3. The molecule has 0 bridgehead atoms. The van der Waals surface area contributed by atoms with Gasteiger partial charge in [-0.1, -0.05) is 32.0 Å². The predicted molar refractivity (Wildman–Crippen MR) is 72.9 cm³/mol. The van der Waals surface area contributed by atoms with Crippen molar-refractivity contribution in [3.63, 3.8) is 0 Å². The van der Waals surface area contributed by atoms with Crippen molar-refractivity contribution in [2.24, 2.45) is 0 Å². The van der Waals surface area contributed by atoms with Crippen molar-refractivity contribution in [3.8, 4) is 5.75 Å². The van der Waals surface area contributed by atoms with E-state index in [1.165, 1.54) is 0 Å². The molecule has 1 aromatic carbocycles. The zero-order valence-corrected chi connectivity index (χ0v) is 11.6. The highest BCUT2D eigenvalue weighted by atomic mass is 16.5. The number of aliphatic hydroxyl groups is 1. The molecule has 1 unspecified atom stereocenters. The lowest BCUT2D eigenvalue weighted by Crippen LogP contribution is -2.47. The van der Waals surface area contributed by atoms with Gasteiger partial charge in [0.2, 0.25) is 0 Å². The second-order valence-corrected chi connectivity index (χ2v) is 4.34. The highest BCUT2D eigenvalue weighted by molar-refractivity contribution is 5.21. The van der Waals surface area contributed by atoms with Gasteiger partial charge in [0.05, 0.1) is 5.60 Å². The maximum atomic E-state index is 10.3. The van der Waals surface area contributed by atoms with Crippen molar-refractivity contribution < 1.29 is 14.6 Å². The third kappa shape index (κ3) is 3.72. The molecule has 0 spiro atoms. The molecule has 0 heterocycles. The Balaban J connectivity index is 2.59. The van der Waals surface area contributed by atoms with E-state index in [0.717, 1.165) is 18.6 Å². The zero-order valence-electron chi connectivity index (χ0n) is 11.6. The summed E-state index contributed by atoms with van der Waals surface area (Å²) in [6, 6.07) is 9.53. The highest BCUT2D eigenvalue weighted by Gasteiger charge is 2.35. The third-order valence-electron chi connectivity index (χ3n) is 3.39. The Hall–Kier alpha value is -1.06. The number of hydrogen-bond donors (Lipinski definition) is 1. The highest BCUT2D eigenvalue weighted by Crippen LogP contribution is 2.25. The molecule has 1 atom stereocenters. The first-order valence-electron chi connectivity index (χ1n) is 6.68. The lowest BCUT2D eigenvalue weighted by molar-refractivity contribution is -0.135. The van der Waals surface area contributed by atoms with Crippen LogP contribution in [0.15, 0.2) is 30.3 Å². The molecule has 0 aliphatic rings. The standard InChI is InChI=1S/C15H24O3/c1-4-15(5-2,18-6-3)14(16)12-17-13-10-8-7-9-11-13/h7-11,14,16H,4-6,12H2,1-3H3. The Morgan fingerprint density at radius 2 is 1.72 bits per heavy atom. The zero-order chi connectivity index (χ0) is 13.4. The van der Waals surface area contributed by atoms with E-state index in [-0.39, 0.29) is 6.61 Å². The molecule has 1 aromatic rings. The van der Waals surface area contributed by atoms with E-state index in [2.05, 4.69) is 0 Å². The molecular formula is C15H24O3. The quantitative estimate of drug-likeness (QED) is 0.773. The third-order valence-corrected chi connectivity index (χ3v) is 3.39. The van der Waals surface area contributed by atoms with Crippen LogP contribution in [0.3, 0.4) is 0 Å². The van der Waals surface area contributed by atoms with Gasteiger partial charge in [0.15, 0.2) is 0 Å². The van der Waals surface area contributed by atoms with E-state index in [4.69, 9.17) is 9.47 Å². The van der Waals surface area contributed by atoms with Crippen LogP contribution in [0.25, 0.3) is 0 Å². The van der Waals surface area contributed by atoms with Gasteiger partial charge >= 0.3 is 0 Å². The number of ether oxygens (including phenoxy) is 2. The fraction of sp³-hybridized carbons (Fsp3) is 0.600. The topological polar surface area (TPSA) is 38.7 Å². The Bertz CT molecular complexity index is 320. The molecule has 3 heteroatoms. The summed E-state index contributed by atoms with van der Waals surface area (Å²) < 4.78 is 11.3. The Kier molecular flexibility index (Phi) is 6.16. The number of aliphatic hydroxyl groups excluding tert-OH is 1. The van der Waals surface area contributed by atoms with Crippen molar-refractivity contribution >= 4 is 0 Å². The van der Waals surface area contributed by atoms with Crippen molar-refractivity contribution in [2.45, 2.75) is 45.3 Å². The minimum atomic E-state index is -0.618. The molecule has 102 valence electrons. The van der Waals surface area contributed by atoms with Gasteiger partial charge in [0, 0.05) is 6.61 Å². The van der Waals surface area contributed by atoms with E-state index < -0.39 is 11.7 Å². The van der Waals surface area contributed by atoms with Crippen molar-refractivity contribution in [1.29, 1.82) is 0 Å². The van der Waals surface area contributed by atoms with Crippen LogP contribution in [0, 0.1) is 0 Å². The number of rotatable bonds is 8. The van der Waals surface area contributed by atoms with E-state index >= 15 is 0 Å². The van der Waals surface area contributed by atoms with Gasteiger partial charge in [-0.3, -0.25) is 0 Å². The van der Waals surface area contributed by atoms with Crippen LogP contribution in [0.2, 0.25) is 0 Å². The fourth-order valence-corrected chi connectivity index (χ4v) is 2.15. The van der Waals surface area contributed by atoms with Gasteiger partial charge in [0.1, 0.15) is 18.5 Å². The SMILES string of the molecule is CCOC(CC)(CC)C(O)COc1ccccc1. The molecule has 0 radical (unpaired) electrons. The predicted octanol–water partition coefficient (Wildman–Crippen LogP) is 3.02.